The van der Waals surface area contributed by atoms with Gasteiger partial charge in [-0.05, 0) is 37.8 Å². The molecule has 1 aromatic rings. The van der Waals surface area contributed by atoms with Gasteiger partial charge in [-0.1, -0.05) is 18.9 Å². The van der Waals surface area contributed by atoms with Crippen LogP contribution >= 0.6 is 0 Å². The van der Waals surface area contributed by atoms with E-state index in [1.807, 2.05) is 18.2 Å². The minimum Gasteiger partial charge on any atom is -1.00 e. The topological polar surface area (TPSA) is 68.2 Å². The second kappa shape index (κ2) is 15.1. The van der Waals surface area contributed by atoms with Crippen molar-refractivity contribution in [1.82, 2.24) is 26.1 Å². The standard InChI is InChI=1S/C17H27N7.2ClH.Co/c1-3-10-23(11-4-1)21-18-14-16-8-7-9-17(20-16)15-19-22-24-12-5-2-6-13-24;;;/h7-9,14-15,21-22H,1-6,10-13H2;2*1H;/q;;;+2/p-2. The first-order valence-electron chi connectivity index (χ1n) is 8.94. The third-order valence-electron chi connectivity index (χ3n) is 4.30. The molecule has 0 unspecified atom stereocenters. The molecule has 10 heteroatoms. The van der Waals surface area contributed by atoms with E-state index in [2.05, 4.69) is 36.3 Å². The van der Waals surface area contributed by atoms with Crippen molar-refractivity contribution in [2.75, 3.05) is 26.2 Å². The van der Waals surface area contributed by atoms with Crippen molar-refractivity contribution in [3.05, 3.63) is 29.6 Å². The number of nitrogens with one attached hydrogen (secondary N) is 2. The number of nitrogens with zero attached hydrogens (tertiary/aromatic N) is 5. The summed E-state index contributed by atoms with van der Waals surface area (Å²) in [7, 11) is 0. The molecule has 153 valence electrons. The summed E-state index contributed by atoms with van der Waals surface area (Å²) in [6.45, 7) is 4.22. The maximum Gasteiger partial charge on any atom is 2.00 e. The van der Waals surface area contributed by atoms with Gasteiger partial charge in [0.25, 0.3) is 0 Å². The Morgan fingerprint density at radius 3 is 1.56 bits per heavy atom. The summed E-state index contributed by atoms with van der Waals surface area (Å²) in [6.07, 6.45) is 11.1. The first-order valence-corrected chi connectivity index (χ1v) is 8.94. The predicted octanol–water partition coefficient (Wildman–Crippen LogP) is -4.26. The smallest absolute Gasteiger partial charge is 1.00 e. The monoisotopic (exact) mass is 458 g/mol. The van der Waals surface area contributed by atoms with E-state index < -0.39 is 0 Å². The Kier molecular flexibility index (Phi) is 14.6. The van der Waals surface area contributed by atoms with E-state index in [-0.39, 0.29) is 41.6 Å². The summed E-state index contributed by atoms with van der Waals surface area (Å²) in [5, 5.41) is 12.9. The van der Waals surface area contributed by atoms with Crippen LogP contribution in [-0.2, 0) is 16.8 Å². The van der Waals surface area contributed by atoms with Crippen LogP contribution < -0.4 is 35.9 Å². The molecule has 7 nitrogen and oxygen atoms in total. The fourth-order valence-corrected chi connectivity index (χ4v) is 2.95. The Bertz CT molecular complexity index is 517. The van der Waals surface area contributed by atoms with E-state index in [1.165, 1.54) is 38.5 Å². The minimum atomic E-state index is 0. The first-order chi connectivity index (χ1) is 11.9. The molecule has 0 atom stereocenters. The van der Waals surface area contributed by atoms with Crippen LogP contribution in [0, 0.1) is 0 Å². The van der Waals surface area contributed by atoms with Crippen LogP contribution in [0.1, 0.15) is 49.9 Å². The van der Waals surface area contributed by atoms with Gasteiger partial charge in [-0.15, -0.1) is 0 Å². The number of pyridine rings is 1. The molecule has 2 fully saturated rings. The van der Waals surface area contributed by atoms with Gasteiger partial charge in [-0.3, -0.25) is 0 Å². The average Bonchev–Trinajstić information content (AvgIpc) is 2.64. The Morgan fingerprint density at radius 2 is 1.15 bits per heavy atom. The average molecular weight is 459 g/mol. The van der Waals surface area contributed by atoms with Crippen LogP contribution in [0.15, 0.2) is 28.4 Å². The van der Waals surface area contributed by atoms with Crippen LogP contribution in [0.25, 0.3) is 0 Å². The Hall–Kier alpha value is -0.904. The van der Waals surface area contributed by atoms with Crippen LogP contribution in [-0.4, -0.2) is 53.6 Å². The number of piperidine rings is 2. The number of aromatic nitrogens is 1. The van der Waals surface area contributed by atoms with Crippen molar-refractivity contribution < 1.29 is 41.6 Å². The zero-order valence-electron chi connectivity index (χ0n) is 15.3. The van der Waals surface area contributed by atoms with Gasteiger partial charge < -0.3 is 24.8 Å². The van der Waals surface area contributed by atoms with Crippen LogP contribution in [0.4, 0.5) is 0 Å². The molecule has 1 radical (unpaired) electrons. The third kappa shape index (κ3) is 9.73. The molecule has 2 N–H and O–H groups in total. The summed E-state index contributed by atoms with van der Waals surface area (Å²) in [4.78, 5) is 4.52. The van der Waals surface area contributed by atoms with E-state index in [9.17, 15) is 0 Å². The molecule has 27 heavy (non-hydrogen) atoms. The number of hydrazone groups is 2. The van der Waals surface area contributed by atoms with Crippen molar-refractivity contribution >= 4 is 12.4 Å². The molecule has 0 amide bonds. The Balaban J connectivity index is 0.00000225. The Labute approximate surface area is 184 Å². The van der Waals surface area contributed by atoms with E-state index in [0.717, 1.165) is 37.6 Å². The van der Waals surface area contributed by atoms with E-state index >= 15 is 0 Å². The van der Waals surface area contributed by atoms with Crippen LogP contribution in [0.5, 0.6) is 0 Å². The van der Waals surface area contributed by atoms with Gasteiger partial charge in [-0.25, -0.2) is 26.1 Å². The van der Waals surface area contributed by atoms with Crippen molar-refractivity contribution in [1.29, 1.82) is 0 Å². The largest absolute Gasteiger partial charge is 2.00 e. The molecule has 0 aliphatic carbocycles. The number of hydrogen-bond donors (Lipinski definition) is 2. The maximum atomic E-state index is 4.52. The summed E-state index contributed by atoms with van der Waals surface area (Å²) in [5.74, 6) is 0. The van der Waals surface area contributed by atoms with Crippen molar-refractivity contribution in [2.24, 2.45) is 10.2 Å². The molecular weight excluding hydrogens is 432 g/mol. The van der Waals surface area contributed by atoms with Gasteiger partial charge in [0.1, 0.15) is 0 Å². The molecule has 3 heterocycles. The summed E-state index contributed by atoms with van der Waals surface area (Å²) in [5.41, 5.74) is 7.81. The number of rotatable bonds is 6. The third-order valence-corrected chi connectivity index (χ3v) is 4.30. The predicted molar refractivity (Wildman–Crippen MR) is 96.5 cm³/mol. The van der Waals surface area contributed by atoms with Crippen molar-refractivity contribution in [2.45, 2.75) is 38.5 Å². The summed E-state index contributed by atoms with van der Waals surface area (Å²) < 4.78 is 0. The van der Waals surface area contributed by atoms with E-state index in [0.29, 0.717) is 0 Å². The van der Waals surface area contributed by atoms with Crippen LogP contribution in [0.2, 0.25) is 0 Å². The fraction of sp³-hybridized carbons (Fsp3) is 0.588. The van der Waals surface area contributed by atoms with Gasteiger partial charge in [0.05, 0.1) is 23.8 Å². The molecule has 0 bridgehead atoms. The molecule has 2 aliphatic rings. The van der Waals surface area contributed by atoms with E-state index in [1.54, 1.807) is 12.4 Å². The Morgan fingerprint density at radius 1 is 0.741 bits per heavy atom. The summed E-state index contributed by atoms with van der Waals surface area (Å²) in [6, 6.07) is 5.85. The van der Waals surface area contributed by atoms with Gasteiger partial charge in [0.15, 0.2) is 0 Å². The molecule has 2 aliphatic heterocycles. The molecular formula is C17H27Cl2CoN7. The summed E-state index contributed by atoms with van der Waals surface area (Å²) >= 11 is 0. The van der Waals surface area contributed by atoms with Crippen molar-refractivity contribution in [3.8, 4) is 0 Å². The molecule has 0 saturated carbocycles. The molecule has 2 saturated heterocycles. The van der Waals surface area contributed by atoms with Gasteiger partial charge in [-0.2, -0.15) is 10.2 Å². The van der Waals surface area contributed by atoms with Gasteiger partial charge >= 0.3 is 16.8 Å². The maximum absolute atomic E-state index is 4.52. The normalized spacial score (nSPS) is 18.4. The van der Waals surface area contributed by atoms with Gasteiger partial charge in [0, 0.05) is 26.2 Å². The first kappa shape index (κ1) is 26.1. The number of halogens is 2. The zero-order valence-corrected chi connectivity index (χ0v) is 17.8. The van der Waals surface area contributed by atoms with Crippen molar-refractivity contribution in [3.63, 3.8) is 0 Å². The molecule has 1 aromatic heterocycles. The minimum absolute atomic E-state index is 0. The van der Waals surface area contributed by atoms with Gasteiger partial charge in [0.2, 0.25) is 0 Å². The SMILES string of the molecule is C(=NNN1CCCCC1)c1cccc(C=NNN2CCCCC2)n1.[Cl-].[Cl-].[Co+2]. The second-order valence-electron chi connectivity index (χ2n) is 6.30. The molecule has 0 aromatic carbocycles. The quantitative estimate of drug-likeness (QED) is 0.333. The van der Waals surface area contributed by atoms with Crippen LogP contribution in [0.3, 0.4) is 0 Å². The molecule has 0 spiro atoms. The number of hydrogen-bond acceptors (Lipinski definition) is 7. The fourth-order valence-electron chi connectivity index (χ4n) is 2.95. The molecule has 3 rings (SSSR count). The van der Waals surface area contributed by atoms with E-state index in [4.69, 9.17) is 0 Å². The zero-order chi connectivity index (χ0) is 16.5. The number of hydrazine groups is 2. The second-order valence-corrected chi connectivity index (χ2v) is 6.30.